The van der Waals surface area contributed by atoms with Crippen molar-refractivity contribution in [3.05, 3.63) is 53.6 Å². The van der Waals surface area contributed by atoms with Crippen molar-refractivity contribution < 1.29 is 23.2 Å². The lowest BCUT2D eigenvalue weighted by atomic mass is 10.0. The molecule has 0 spiro atoms. The zero-order valence-corrected chi connectivity index (χ0v) is 18.4. The quantitative estimate of drug-likeness (QED) is 0.577. The predicted molar refractivity (Wildman–Crippen MR) is 115 cm³/mol. The molecule has 1 aliphatic rings. The highest BCUT2D eigenvalue weighted by Gasteiger charge is 2.28. The maximum absolute atomic E-state index is 15.0. The second-order valence-electron chi connectivity index (χ2n) is 7.55. The lowest BCUT2D eigenvalue weighted by Gasteiger charge is -2.32. The van der Waals surface area contributed by atoms with Gasteiger partial charge in [-0.15, -0.1) is 0 Å². The number of imidazole rings is 1. The van der Waals surface area contributed by atoms with Crippen LogP contribution in [0.3, 0.4) is 0 Å². The van der Waals surface area contributed by atoms with Crippen LogP contribution in [0.4, 0.5) is 9.18 Å². The molecule has 31 heavy (non-hydrogen) atoms. The number of amides is 1. The Morgan fingerprint density at radius 3 is 2.90 bits per heavy atom. The molecular formula is C22H24FN3O4S. The molecular weight excluding hydrogens is 421 g/mol. The Hall–Kier alpha value is -2.62. The molecule has 3 aromatic rings. The van der Waals surface area contributed by atoms with Gasteiger partial charge in [0.2, 0.25) is 0 Å². The van der Waals surface area contributed by atoms with E-state index in [9.17, 15) is 13.7 Å². The molecule has 164 valence electrons. The van der Waals surface area contributed by atoms with Crippen LogP contribution in [0.2, 0.25) is 0 Å². The van der Waals surface area contributed by atoms with E-state index in [-0.39, 0.29) is 6.10 Å². The number of morpholine rings is 1. The van der Waals surface area contributed by atoms with Crippen LogP contribution in [0.25, 0.3) is 16.9 Å². The van der Waals surface area contributed by atoms with Gasteiger partial charge in [0.1, 0.15) is 17.7 Å². The van der Waals surface area contributed by atoms with E-state index in [1.165, 1.54) is 19.4 Å². The molecule has 0 aliphatic carbocycles. The second-order valence-corrected chi connectivity index (χ2v) is 8.93. The molecule has 7 nitrogen and oxygen atoms in total. The van der Waals surface area contributed by atoms with Crippen molar-refractivity contribution in [3.8, 4) is 11.3 Å². The SMILES string of the molecule is COC(=O)N1CCO[C@@H](Cc2c(-c3ccc([S+](C)[O-])cc3F)nc3cc(C)ccn23)C1. The average molecular weight is 446 g/mol. The van der Waals surface area contributed by atoms with Gasteiger partial charge < -0.3 is 23.3 Å². The Labute approximate surface area is 183 Å². The number of rotatable bonds is 4. The van der Waals surface area contributed by atoms with Crippen molar-refractivity contribution in [3.63, 3.8) is 0 Å². The van der Waals surface area contributed by atoms with E-state index < -0.39 is 23.1 Å². The van der Waals surface area contributed by atoms with E-state index in [1.807, 2.05) is 29.7 Å². The molecule has 1 amide bonds. The maximum Gasteiger partial charge on any atom is 0.409 e. The lowest BCUT2D eigenvalue weighted by Crippen LogP contribution is -2.46. The number of benzene rings is 1. The minimum absolute atomic E-state index is 0.279. The number of fused-ring (bicyclic) bond motifs is 1. The standard InChI is InChI=1S/C22H24FN3O4S/c1-14-6-7-26-19(11-15-13-25(8-9-30-15)22(27)29-2)21(24-20(26)10-14)17-5-4-16(31(3)28)12-18(17)23/h4-7,10,12,15H,8-9,11,13H2,1-3H3/t15-,31?/m0/s1. The normalized spacial score (nSPS) is 17.7. The number of aromatic nitrogens is 2. The first kappa shape index (κ1) is 21.6. The summed E-state index contributed by atoms with van der Waals surface area (Å²) in [6, 6.07) is 8.46. The first-order chi connectivity index (χ1) is 14.9. The minimum atomic E-state index is -1.28. The fraction of sp³-hybridized carbons (Fsp3) is 0.364. The van der Waals surface area contributed by atoms with Crippen LogP contribution < -0.4 is 0 Å². The number of pyridine rings is 1. The topological polar surface area (TPSA) is 79.1 Å². The van der Waals surface area contributed by atoms with E-state index in [2.05, 4.69) is 0 Å². The van der Waals surface area contributed by atoms with Crippen molar-refractivity contribution in [2.45, 2.75) is 24.3 Å². The molecule has 0 radical (unpaired) electrons. The molecule has 1 saturated heterocycles. The largest absolute Gasteiger partial charge is 0.612 e. The fourth-order valence-corrected chi connectivity index (χ4v) is 4.36. The van der Waals surface area contributed by atoms with Crippen LogP contribution >= 0.6 is 0 Å². The Morgan fingerprint density at radius 2 is 2.19 bits per heavy atom. The number of aryl methyl sites for hydroxylation is 1. The third-order valence-corrected chi connectivity index (χ3v) is 6.32. The Balaban J connectivity index is 1.75. The molecule has 1 aromatic carbocycles. The van der Waals surface area contributed by atoms with Gasteiger partial charge in [0, 0.05) is 30.8 Å². The van der Waals surface area contributed by atoms with Gasteiger partial charge in [-0.05, 0) is 47.9 Å². The zero-order chi connectivity index (χ0) is 22.1. The molecule has 4 rings (SSSR count). The Morgan fingerprint density at radius 1 is 1.39 bits per heavy atom. The molecule has 1 aliphatic heterocycles. The van der Waals surface area contributed by atoms with E-state index in [1.54, 1.807) is 17.0 Å². The average Bonchev–Trinajstić information content (AvgIpc) is 3.10. The summed E-state index contributed by atoms with van der Waals surface area (Å²) in [5.41, 5.74) is 3.38. The van der Waals surface area contributed by atoms with Crippen molar-refractivity contribution in [1.82, 2.24) is 14.3 Å². The Bertz CT molecular complexity index is 1120. The van der Waals surface area contributed by atoms with Gasteiger partial charge in [-0.1, -0.05) is 0 Å². The minimum Gasteiger partial charge on any atom is -0.612 e. The van der Waals surface area contributed by atoms with Gasteiger partial charge in [0.15, 0.2) is 4.90 Å². The van der Waals surface area contributed by atoms with Crippen molar-refractivity contribution in [2.75, 3.05) is 33.1 Å². The predicted octanol–water partition coefficient (Wildman–Crippen LogP) is 3.20. The number of hydrogen-bond donors (Lipinski definition) is 0. The smallest absolute Gasteiger partial charge is 0.409 e. The molecule has 1 unspecified atom stereocenters. The summed E-state index contributed by atoms with van der Waals surface area (Å²) in [4.78, 5) is 18.7. The summed E-state index contributed by atoms with van der Waals surface area (Å²) in [6.07, 6.45) is 3.19. The van der Waals surface area contributed by atoms with Crippen molar-refractivity contribution in [2.24, 2.45) is 0 Å². The number of carbonyl (C=O) groups is 1. The van der Waals surface area contributed by atoms with Crippen LogP contribution in [0, 0.1) is 12.7 Å². The summed E-state index contributed by atoms with van der Waals surface area (Å²) in [5, 5.41) is 0. The molecule has 0 saturated carbocycles. The van der Waals surface area contributed by atoms with Gasteiger partial charge >= 0.3 is 6.09 Å². The molecule has 2 atom stereocenters. The molecule has 0 N–H and O–H groups in total. The number of carbonyl (C=O) groups excluding carboxylic acids is 1. The van der Waals surface area contributed by atoms with Crippen LogP contribution in [-0.2, 0) is 27.1 Å². The van der Waals surface area contributed by atoms with E-state index in [0.717, 1.165) is 11.3 Å². The number of methoxy groups -OCH3 is 1. The summed E-state index contributed by atoms with van der Waals surface area (Å²) >= 11 is -1.28. The second kappa shape index (κ2) is 8.86. The van der Waals surface area contributed by atoms with E-state index in [4.69, 9.17) is 14.5 Å². The monoisotopic (exact) mass is 445 g/mol. The first-order valence-electron chi connectivity index (χ1n) is 9.93. The summed E-state index contributed by atoms with van der Waals surface area (Å²) < 4.78 is 39.4. The van der Waals surface area contributed by atoms with Crippen LogP contribution in [0.1, 0.15) is 11.3 Å². The molecule has 2 aromatic heterocycles. The number of ether oxygens (including phenoxy) is 2. The lowest BCUT2D eigenvalue weighted by molar-refractivity contribution is -0.0241. The summed E-state index contributed by atoms with van der Waals surface area (Å²) in [7, 11) is 1.35. The highest BCUT2D eigenvalue weighted by Crippen LogP contribution is 2.30. The highest BCUT2D eigenvalue weighted by molar-refractivity contribution is 7.90. The van der Waals surface area contributed by atoms with Gasteiger partial charge in [0.25, 0.3) is 0 Å². The Kier molecular flexibility index (Phi) is 6.17. The van der Waals surface area contributed by atoms with Gasteiger partial charge in [-0.3, -0.25) is 0 Å². The van der Waals surface area contributed by atoms with Crippen LogP contribution in [0.15, 0.2) is 41.4 Å². The number of hydrogen-bond acceptors (Lipinski definition) is 5. The van der Waals surface area contributed by atoms with Gasteiger partial charge in [-0.2, -0.15) is 0 Å². The molecule has 3 heterocycles. The van der Waals surface area contributed by atoms with Crippen molar-refractivity contribution >= 4 is 22.9 Å². The van der Waals surface area contributed by atoms with Crippen molar-refractivity contribution in [1.29, 1.82) is 0 Å². The number of halogens is 1. The van der Waals surface area contributed by atoms with Gasteiger partial charge in [0.05, 0.1) is 37.8 Å². The van der Waals surface area contributed by atoms with Crippen LogP contribution in [-0.4, -0.2) is 64.1 Å². The zero-order valence-electron chi connectivity index (χ0n) is 17.6. The molecule has 0 bridgehead atoms. The van der Waals surface area contributed by atoms with E-state index >= 15 is 0 Å². The van der Waals surface area contributed by atoms with E-state index in [0.29, 0.717) is 47.9 Å². The molecule has 1 fully saturated rings. The third kappa shape index (κ3) is 4.39. The third-order valence-electron chi connectivity index (χ3n) is 5.40. The van der Waals surface area contributed by atoms with Crippen LogP contribution in [0.5, 0.6) is 0 Å². The highest BCUT2D eigenvalue weighted by atomic mass is 32.2. The van der Waals surface area contributed by atoms with Gasteiger partial charge in [-0.25, -0.2) is 14.2 Å². The summed E-state index contributed by atoms with van der Waals surface area (Å²) in [6.45, 7) is 3.21. The summed E-state index contributed by atoms with van der Waals surface area (Å²) in [5.74, 6) is -0.477. The molecule has 9 heteroatoms. The maximum atomic E-state index is 15.0. The first-order valence-corrected chi connectivity index (χ1v) is 11.5. The number of nitrogens with zero attached hydrogens (tertiary/aromatic N) is 3. The fourth-order valence-electron chi connectivity index (χ4n) is 3.83.